The molecular formula is C2H4N2O2. The van der Waals surface area contributed by atoms with Gasteiger partial charge in [-0.3, -0.25) is 4.63 Å². The van der Waals surface area contributed by atoms with Crippen LogP contribution in [0, 0.1) is 0 Å². The van der Waals surface area contributed by atoms with Crippen LogP contribution in [0.4, 0.5) is 0 Å². The maximum absolute atomic E-state index is 4.35. The van der Waals surface area contributed by atoms with E-state index in [1.165, 1.54) is 12.5 Å². The summed E-state index contributed by atoms with van der Waals surface area (Å²) in [4.78, 5) is 0. The Morgan fingerprint density at radius 1 is 1.50 bits per heavy atom. The van der Waals surface area contributed by atoms with E-state index in [2.05, 4.69) is 19.6 Å². The Balaban J connectivity index is 3.00. The molecule has 0 atom stereocenters. The van der Waals surface area contributed by atoms with Crippen LogP contribution in [0.3, 0.4) is 0 Å². The largest absolute Gasteiger partial charge is 0.356 e. The molecule has 0 amide bonds. The van der Waals surface area contributed by atoms with Crippen molar-refractivity contribution in [3.05, 3.63) is 12.5 Å². The smallest absolute Gasteiger partial charge is 0.142 e. The number of hydrogen-bond acceptors (Lipinski definition) is 2. The molecule has 0 radical (unpaired) electrons. The molecule has 0 saturated carbocycles. The molecule has 0 spiro atoms. The maximum atomic E-state index is 4.35. The first-order chi connectivity index (χ1) is 3.00. The van der Waals surface area contributed by atoms with Crippen LogP contribution in [0.2, 0.25) is 0 Å². The highest BCUT2D eigenvalue weighted by Crippen LogP contribution is 1.66. The molecule has 4 nitrogen and oxygen atoms in total. The fraction of sp³-hybridized carbons (Fsp3) is 0. The highest BCUT2D eigenvalue weighted by molar-refractivity contribution is 4.45. The van der Waals surface area contributed by atoms with Gasteiger partial charge in [0.15, 0.2) is 0 Å². The molecule has 6 heavy (non-hydrogen) atoms. The third-order valence-corrected chi connectivity index (χ3v) is 0.353. The number of aromatic amines is 2. The minimum atomic E-state index is 1.42. The molecule has 4 heteroatoms. The fourth-order valence-electron chi connectivity index (χ4n) is 0.172. The van der Waals surface area contributed by atoms with Crippen LogP contribution in [0.25, 0.3) is 0 Å². The van der Waals surface area contributed by atoms with Crippen molar-refractivity contribution in [2.45, 2.75) is 0 Å². The Kier molecular flexibility index (Phi) is 0.731. The quantitative estimate of drug-likeness (QED) is 0.489. The molecule has 0 aliphatic carbocycles. The van der Waals surface area contributed by atoms with Gasteiger partial charge in [0.25, 0.3) is 0 Å². The molecule has 0 unspecified atom stereocenters. The average Bonchev–Trinajstić information content (AvgIpc) is 1.72. The van der Waals surface area contributed by atoms with Gasteiger partial charge in [-0.15, -0.1) is 0 Å². The molecule has 0 aromatic carbocycles. The van der Waals surface area contributed by atoms with Crippen LogP contribution in [0.5, 0.6) is 0 Å². The normalized spacial score (nSPS) is 8.00. The Morgan fingerprint density at radius 3 is 2.67 bits per heavy atom. The zero-order valence-electron chi connectivity index (χ0n) is 2.97. The van der Waals surface area contributed by atoms with E-state index in [9.17, 15) is 0 Å². The van der Waals surface area contributed by atoms with Gasteiger partial charge in [0.2, 0.25) is 0 Å². The van der Waals surface area contributed by atoms with Crippen molar-refractivity contribution in [1.29, 1.82) is 0 Å². The summed E-state index contributed by atoms with van der Waals surface area (Å²) in [6.45, 7) is 0. The maximum Gasteiger partial charge on any atom is 0.142 e. The molecule has 1 aromatic heterocycles. The lowest BCUT2D eigenvalue weighted by atomic mass is 11.0. The van der Waals surface area contributed by atoms with Crippen molar-refractivity contribution in [3.8, 4) is 0 Å². The first-order valence-electron chi connectivity index (χ1n) is 1.47. The molecule has 1 rings (SSSR count). The molecule has 2 N–H and O–H groups in total. The Bertz CT molecular complexity index is 81.5. The standard InChI is InChI=1S/C2H4N2O2/c1-2-5-4-6-3-1/h1-4H. The van der Waals surface area contributed by atoms with Gasteiger partial charge in [-0.05, 0) is 0 Å². The Hall–Kier alpha value is -1.06. The van der Waals surface area contributed by atoms with Gasteiger partial charge in [0.1, 0.15) is 6.26 Å². The first-order valence-corrected chi connectivity index (χ1v) is 1.47. The van der Waals surface area contributed by atoms with Crippen LogP contribution in [0.1, 0.15) is 0 Å². The molecule has 34 valence electrons. The van der Waals surface area contributed by atoms with E-state index in [1.54, 1.807) is 0 Å². The van der Waals surface area contributed by atoms with Crippen molar-refractivity contribution in [2.75, 3.05) is 0 Å². The van der Waals surface area contributed by atoms with Crippen LogP contribution in [-0.2, 0) is 0 Å². The minimum absolute atomic E-state index is 1.42. The van der Waals surface area contributed by atoms with E-state index >= 15 is 0 Å². The zero-order chi connectivity index (χ0) is 4.24. The van der Waals surface area contributed by atoms with Crippen molar-refractivity contribution in [2.24, 2.45) is 0 Å². The lowest BCUT2D eigenvalue weighted by Crippen LogP contribution is -1.67. The van der Waals surface area contributed by atoms with Crippen LogP contribution >= 0.6 is 0 Å². The van der Waals surface area contributed by atoms with E-state index in [-0.39, 0.29) is 0 Å². The minimum Gasteiger partial charge on any atom is -0.356 e. The third-order valence-electron chi connectivity index (χ3n) is 0.353. The van der Waals surface area contributed by atoms with Gasteiger partial charge < -0.3 is 4.52 Å². The van der Waals surface area contributed by atoms with Gasteiger partial charge in [0.05, 0.1) is 6.20 Å². The highest BCUT2D eigenvalue weighted by Gasteiger charge is 1.55. The summed E-state index contributed by atoms with van der Waals surface area (Å²) >= 11 is 0. The number of hydrogen-bond donors (Lipinski definition) is 2. The predicted molar refractivity (Wildman–Crippen MR) is 17.3 cm³/mol. The SMILES string of the molecule is c1co[nH]o[nH]1. The van der Waals surface area contributed by atoms with Gasteiger partial charge in [-0.1, -0.05) is 5.33 Å². The summed E-state index contributed by atoms with van der Waals surface area (Å²) in [5.74, 6) is 0. The zero-order valence-corrected chi connectivity index (χ0v) is 2.97. The molecule has 0 saturated heterocycles. The molecule has 0 aliphatic rings. The van der Waals surface area contributed by atoms with Crippen molar-refractivity contribution < 1.29 is 9.15 Å². The number of rotatable bonds is 0. The van der Waals surface area contributed by atoms with Gasteiger partial charge in [-0.25, -0.2) is 5.16 Å². The summed E-state index contributed by atoms with van der Waals surface area (Å²) in [6.07, 6.45) is 2.93. The second-order valence-electron chi connectivity index (χ2n) is 0.724. The van der Waals surface area contributed by atoms with E-state index < -0.39 is 0 Å². The molecule has 0 bridgehead atoms. The van der Waals surface area contributed by atoms with E-state index in [4.69, 9.17) is 0 Å². The van der Waals surface area contributed by atoms with E-state index in [1.807, 2.05) is 0 Å². The summed E-state index contributed by atoms with van der Waals surface area (Å²) in [7, 11) is 0. The lowest BCUT2D eigenvalue weighted by Gasteiger charge is -1.76. The van der Waals surface area contributed by atoms with Gasteiger partial charge in [-0.2, -0.15) is 0 Å². The lowest BCUT2D eigenvalue weighted by molar-refractivity contribution is 0.120. The second-order valence-corrected chi connectivity index (χ2v) is 0.724. The van der Waals surface area contributed by atoms with Crippen LogP contribution < -0.4 is 0 Å². The predicted octanol–water partition coefficient (Wildman–Crippen LogP) is 0.653. The van der Waals surface area contributed by atoms with Crippen LogP contribution in [-0.4, -0.2) is 10.5 Å². The van der Waals surface area contributed by atoms with Crippen molar-refractivity contribution in [1.82, 2.24) is 10.5 Å². The van der Waals surface area contributed by atoms with Crippen LogP contribution in [0.15, 0.2) is 21.6 Å². The third kappa shape index (κ3) is 0.453. The van der Waals surface area contributed by atoms with E-state index in [0.29, 0.717) is 0 Å². The summed E-state index contributed by atoms with van der Waals surface area (Å²) in [6, 6.07) is 0. The Labute approximate surface area is 33.3 Å². The molecule has 0 fully saturated rings. The van der Waals surface area contributed by atoms with Crippen molar-refractivity contribution >= 4 is 0 Å². The summed E-state index contributed by atoms with van der Waals surface area (Å²) in [5.41, 5.74) is 0. The van der Waals surface area contributed by atoms with Gasteiger partial charge in [0, 0.05) is 0 Å². The molecule has 0 aliphatic heterocycles. The van der Waals surface area contributed by atoms with Crippen molar-refractivity contribution in [3.63, 3.8) is 0 Å². The molecule has 1 heterocycles. The number of H-pyrrole nitrogens is 2. The monoisotopic (exact) mass is 88.0 g/mol. The molecule has 1 aromatic rings. The first kappa shape index (κ1) is 3.14. The van der Waals surface area contributed by atoms with Gasteiger partial charge >= 0.3 is 0 Å². The fourth-order valence-corrected chi connectivity index (χ4v) is 0.172. The number of aromatic nitrogens is 2. The Morgan fingerprint density at radius 2 is 2.50 bits per heavy atom. The summed E-state index contributed by atoms with van der Waals surface area (Å²) < 4.78 is 8.61. The topological polar surface area (TPSA) is 57.9 Å². The average molecular weight is 88.1 g/mol. The van der Waals surface area contributed by atoms with E-state index in [0.717, 1.165) is 0 Å². The summed E-state index contributed by atoms with van der Waals surface area (Å²) in [5, 5.41) is 4.45. The second kappa shape index (κ2) is 1.40. The highest BCUT2D eigenvalue weighted by atomic mass is 16.7. The number of nitrogens with one attached hydrogen (secondary N) is 2. The molecular weight excluding hydrogens is 84.0 g/mol.